The van der Waals surface area contributed by atoms with E-state index in [1.807, 2.05) is 12.2 Å². The average Bonchev–Trinajstić information content (AvgIpc) is 2.19. The van der Waals surface area contributed by atoms with Crippen molar-refractivity contribution in [3.05, 3.63) is 36.6 Å². The fraction of sp³-hybridized carbons (Fsp3) is 0.500. The van der Waals surface area contributed by atoms with Gasteiger partial charge in [-0.3, -0.25) is 0 Å². The second kappa shape index (κ2) is 6.53. The first-order valence-electron chi connectivity index (χ1n) is 5.09. The number of hydrogen-bond donors (Lipinski definition) is 0. The monoisotopic (exact) mass is 178 g/mol. The van der Waals surface area contributed by atoms with Crippen LogP contribution in [0.15, 0.2) is 36.6 Å². The molecule has 1 unspecified atom stereocenters. The minimum atomic E-state index is 0.159. The highest BCUT2D eigenvalue weighted by Crippen LogP contribution is 2.06. The van der Waals surface area contributed by atoms with E-state index in [1.54, 1.807) is 6.26 Å². The molecular formula is C12H18O. The summed E-state index contributed by atoms with van der Waals surface area (Å²) in [5.74, 6) is 0. The van der Waals surface area contributed by atoms with E-state index in [1.165, 1.54) is 25.7 Å². The van der Waals surface area contributed by atoms with Crippen molar-refractivity contribution in [3.8, 4) is 0 Å². The molecule has 72 valence electrons. The summed E-state index contributed by atoms with van der Waals surface area (Å²) in [5.41, 5.74) is 0. The van der Waals surface area contributed by atoms with E-state index in [9.17, 15) is 0 Å². The maximum absolute atomic E-state index is 5.33. The highest BCUT2D eigenvalue weighted by Gasteiger charge is 1.98. The topological polar surface area (TPSA) is 9.23 Å². The number of allylic oxidation sites excluding steroid dienone is 3. The average molecular weight is 178 g/mol. The second-order valence-corrected chi connectivity index (χ2v) is 3.24. The Hall–Kier alpha value is -0.980. The van der Waals surface area contributed by atoms with Crippen molar-refractivity contribution in [1.82, 2.24) is 0 Å². The fourth-order valence-corrected chi connectivity index (χ4v) is 1.25. The van der Waals surface area contributed by atoms with Crippen LogP contribution in [-0.4, -0.2) is 6.10 Å². The third-order valence-electron chi connectivity index (χ3n) is 2.03. The molecule has 0 fully saturated rings. The number of rotatable bonds is 5. The lowest BCUT2D eigenvalue weighted by atomic mass is 10.2. The van der Waals surface area contributed by atoms with E-state index in [0.29, 0.717) is 0 Å². The molecule has 1 heteroatoms. The molecule has 1 aliphatic heterocycles. The van der Waals surface area contributed by atoms with Crippen LogP contribution in [0, 0.1) is 0 Å². The van der Waals surface area contributed by atoms with Crippen molar-refractivity contribution in [2.75, 3.05) is 0 Å². The Morgan fingerprint density at radius 2 is 2.23 bits per heavy atom. The fourth-order valence-electron chi connectivity index (χ4n) is 1.25. The van der Waals surface area contributed by atoms with Gasteiger partial charge in [0.05, 0.1) is 6.26 Å². The molecule has 0 aromatic carbocycles. The lowest BCUT2D eigenvalue weighted by Crippen LogP contribution is -2.03. The standard InChI is InChI=1S/C12H18O/c1-2-3-4-5-6-9-12-10-7-8-11-13-12/h6-12H,2-5H2,1H3. The number of hydrogen-bond acceptors (Lipinski definition) is 1. The van der Waals surface area contributed by atoms with E-state index in [4.69, 9.17) is 4.74 Å². The first-order chi connectivity index (χ1) is 6.43. The summed E-state index contributed by atoms with van der Waals surface area (Å²) >= 11 is 0. The van der Waals surface area contributed by atoms with Gasteiger partial charge >= 0.3 is 0 Å². The molecule has 1 atom stereocenters. The zero-order valence-corrected chi connectivity index (χ0v) is 8.28. The summed E-state index contributed by atoms with van der Waals surface area (Å²) < 4.78 is 5.33. The summed E-state index contributed by atoms with van der Waals surface area (Å²) in [7, 11) is 0. The van der Waals surface area contributed by atoms with E-state index in [2.05, 4.69) is 25.2 Å². The Morgan fingerprint density at radius 3 is 2.92 bits per heavy atom. The first-order valence-corrected chi connectivity index (χ1v) is 5.09. The maximum atomic E-state index is 5.33. The molecule has 0 aliphatic carbocycles. The lowest BCUT2D eigenvalue weighted by molar-refractivity contribution is 0.224. The van der Waals surface area contributed by atoms with E-state index >= 15 is 0 Å². The van der Waals surface area contributed by atoms with Crippen LogP contribution in [0.1, 0.15) is 32.6 Å². The van der Waals surface area contributed by atoms with Crippen LogP contribution < -0.4 is 0 Å². The largest absolute Gasteiger partial charge is 0.490 e. The Kier molecular flexibility index (Phi) is 5.07. The van der Waals surface area contributed by atoms with Crippen molar-refractivity contribution in [3.63, 3.8) is 0 Å². The molecule has 0 N–H and O–H groups in total. The molecule has 1 aliphatic rings. The first kappa shape index (κ1) is 10.1. The van der Waals surface area contributed by atoms with Crippen molar-refractivity contribution >= 4 is 0 Å². The van der Waals surface area contributed by atoms with Crippen LogP contribution in [0.2, 0.25) is 0 Å². The van der Waals surface area contributed by atoms with Gasteiger partial charge in [0.25, 0.3) is 0 Å². The summed E-state index contributed by atoms with van der Waals surface area (Å²) in [6.07, 6.45) is 17.3. The van der Waals surface area contributed by atoms with E-state index < -0.39 is 0 Å². The third kappa shape index (κ3) is 4.56. The van der Waals surface area contributed by atoms with Crippen molar-refractivity contribution in [2.24, 2.45) is 0 Å². The summed E-state index contributed by atoms with van der Waals surface area (Å²) in [5, 5.41) is 0. The molecule has 1 nitrogen and oxygen atoms in total. The second-order valence-electron chi connectivity index (χ2n) is 3.24. The molecule has 0 bridgehead atoms. The molecule has 13 heavy (non-hydrogen) atoms. The smallest absolute Gasteiger partial charge is 0.134 e. The minimum absolute atomic E-state index is 0.159. The molecule has 0 amide bonds. The molecule has 0 spiro atoms. The Labute approximate surface area is 80.8 Å². The van der Waals surface area contributed by atoms with Gasteiger partial charge in [-0.2, -0.15) is 0 Å². The Balaban J connectivity index is 2.09. The zero-order chi connectivity index (χ0) is 9.36. The summed E-state index contributed by atoms with van der Waals surface area (Å²) in [4.78, 5) is 0. The van der Waals surface area contributed by atoms with Gasteiger partial charge in [-0.05, 0) is 31.1 Å². The molecule has 0 saturated heterocycles. The number of ether oxygens (including phenoxy) is 1. The van der Waals surface area contributed by atoms with Gasteiger partial charge in [0, 0.05) is 0 Å². The van der Waals surface area contributed by atoms with Gasteiger partial charge in [0.2, 0.25) is 0 Å². The normalized spacial score (nSPS) is 20.8. The van der Waals surface area contributed by atoms with Crippen LogP contribution >= 0.6 is 0 Å². The van der Waals surface area contributed by atoms with Crippen LogP contribution in [0.5, 0.6) is 0 Å². The molecule has 0 radical (unpaired) electrons. The van der Waals surface area contributed by atoms with Gasteiger partial charge in [0.15, 0.2) is 0 Å². The van der Waals surface area contributed by atoms with E-state index in [0.717, 1.165) is 0 Å². The Bertz CT molecular complexity index is 201. The minimum Gasteiger partial charge on any atom is -0.490 e. The quantitative estimate of drug-likeness (QED) is 0.461. The molecule has 0 aromatic heterocycles. The molecule has 0 saturated carbocycles. The predicted octanol–water partition coefficient (Wildman–Crippen LogP) is 3.59. The van der Waals surface area contributed by atoms with Gasteiger partial charge < -0.3 is 4.74 Å². The van der Waals surface area contributed by atoms with Gasteiger partial charge in [-0.1, -0.05) is 31.9 Å². The van der Waals surface area contributed by atoms with Crippen molar-refractivity contribution < 1.29 is 4.74 Å². The molecule has 1 rings (SSSR count). The van der Waals surface area contributed by atoms with Crippen LogP contribution in [0.25, 0.3) is 0 Å². The summed E-state index contributed by atoms with van der Waals surface area (Å²) in [6, 6.07) is 0. The summed E-state index contributed by atoms with van der Waals surface area (Å²) in [6.45, 7) is 2.22. The van der Waals surface area contributed by atoms with Crippen LogP contribution in [0.3, 0.4) is 0 Å². The van der Waals surface area contributed by atoms with Crippen molar-refractivity contribution in [2.45, 2.75) is 38.7 Å². The number of unbranched alkanes of at least 4 members (excludes halogenated alkanes) is 3. The van der Waals surface area contributed by atoms with Crippen LogP contribution in [0.4, 0.5) is 0 Å². The SMILES string of the molecule is CCCCCC=CC1C=CC=CO1. The van der Waals surface area contributed by atoms with Crippen LogP contribution in [-0.2, 0) is 4.74 Å². The highest BCUT2D eigenvalue weighted by atomic mass is 16.5. The highest BCUT2D eigenvalue weighted by molar-refractivity contribution is 5.13. The predicted molar refractivity (Wildman–Crippen MR) is 56.4 cm³/mol. The van der Waals surface area contributed by atoms with Gasteiger partial charge in [0.1, 0.15) is 6.10 Å². The van der Waals surface area contributed by atoms with Crippen molar-refractivity contribution in [1.29, 1.82) is 0 Å². The molecule has 0 aromatic rings. The maximum Gasteiger partial charge on any atom is 0.134 e. The third-order valence-corrected chi connectivity index (χ3v) is 2.03. The van der Waals surface area contributed by atoms with Gasteiger partial charge in [-0.15, -0.1) is 0 Å². The van der Waals surface area contributed by atoms with Gasteiger partial charge in [-0.25, -0.2) is 0 Å². The zero-order valence-electron chi connectivity index (χ0n) is 8.28. The molecule has 1 heterocycles. The molecular weight excluding hydrogens is 160 g/mol. The van der Waals surface area contributed by atoms with E-state index in [-0.39, 0.29) is 6.10 Å². The Morgan fingerprint density at radius 1 is 1.31 bits per heavy atom. The lowest BCUT2D eigenvalue weighted by Gasteiger charge is -2.09.